The summed E-state index contributed by atoms with van der Waals surface area (Å²) in [6.45, 7) is 1.86. The van der Waals surface area contributed by atoms with Crippen molar-refractivity contribution in [3.8, 4) is 0 Å². The summed E-state index contributed by atoms with van der Waals surface area (Å²) in [6, 6.07) is 10.5. The fourth-order valence-corrected chi connectivity index (χ4v) is 2.99. The third-order valence-corrected chi connectivity index (χ3v) is 4.23. The van der Waals surface area contributed by atoms with Crippen LogP contribution in [0.15, 0.2) is 30.3 Å². The standard InChI is InChI=1S/C13H18N2O2S/c1-14(13(16)17)18-15-9-7-12(8-10-15)11-5-3-2-4-6-11/h2-6,12H,7-10H2,1H3,(H,16,17). The van der Waals surface area contributed by atoms with Crippen molar-refractivity contribution in [2.75, 3.05) is 20.1 Å². The molecule has 0 radical (unpaired) electrons. The van der Waals surface area contributed by atoms with Crippen LogP contribution in [-0.4, -0.2) is 39.9 Å². The van der Waals surface area contributed by atoms with E-state index in [2.05, 4.69) is 28.6 Å². The molecule has 18 heavy (non-hydrogen) atoms. The van der Waals surface area contributed by atoms with Gasteiger partial charge in [0.2, 0.25) is 0 Å². The van der Waals surface area contributed by atoms with E-state index in [9.17, 15) is 4.79 Å². The Morgan fingerprint density at radius 1 is 1.33 bits per heavy atom. The number of amides is 1. The third-order valence-electron chi connectivity index (χ3n) is 3.23. The molecule has 1 aromatic carbocycles. The van der Waals surface area contributed by atoms with Gasteiger partial charge in [-0.3, -0.25) is 0 Å². The van der Waals surface area contributed by atoms with Crippen LogP contribution in [0.1, 0.15) is 24.3 Å². The molecule has 0 aromatic heterocycles. The highest BCUT2D eigenvalue weighted by molar-refractivity contribution is 7.95. The van der Waals surface area contributed by atoms with Crippen LogP contribution >= 0.6 is 12.1 Å². The average molecular weight is 266 g/mol. The van der Waals surface area contributed by atoms with Crippen LogP contribution in [0.3, 0.4) is 0 Å². The van der Waals surface area contributed by atoms with E-state index in [1.807, 2.05) is 6.07 Å². The molecule has 1 heterocycles. The van der Waals surface area contributed by atoms with Crippen molar-refractivity contribution in [3.63, 3.8) is 0 Å². The second kappa shape index (κ2) is 6.11. The van der Waals surface area contributed by atoms with Crippen LogP contribution in [0.5, 0.6) is 0 Å². The Kier molecular flexibility index (Phi) is 4.49. The molecule has 1 N–H and O–H groups in total. The Bertz CT molecular complexity index is 391. The normalized spacial score (nSPS) is 17.6. The maximum atomic E-state index is 10.7. The molecule has 1 aliphatic heterocycles. The number of nitrogens with zero attached hydrogens (tertiary/aromatic N) is 2. The number of hydrogen-bond acceptors (Lipinski definition) is 3. The zero-order valence-corrected chi connectivity index (χ0v) is 11.3. The van der Waals surface area contributed by atoms with E-state index in [0.717, 1.165) is 25.9 Å². The minimum atomic E-state index is -0.898. The zero-order valence-electron chi connectivity index (χ0n) is 10.5. The quantitative estimate of drug-likeness (QED) is 0.854. The largest absolute Gasteiger partial charge is 0.464 e. The summed E-state index contributed by atoms with van der Waals surface area (Å²) < 4.78 is 3.37. The van der Waals surface area contributed by atoms with Crippen molar-refractivity contribution in [1.82, 2.24) is 8.61 Å². The summed E-state index contributed by atoms with van der Waals surface area (Å²) >= 11 is 1.29. The van der Waals surface area contributed by atoms with Crippen molar-refractivity contribution in [3.05, 3.63) is 35.9 Å². The second-order valence-corrected chi connectivity index (χ2v) is 5.70. The first-order valence-electron chi connectivity index (χ1n) is 6.11. The van der Waals surface area contributed by atoms with Gasteiger partial charge in [-0.25, -0.2) is 13.4 Å². The first kappa shape index (κ1) is 13.2. The van der Waals surface area contributed by atoms with Crippen LogP contribution in [0.25, 0.3) is 0 Å². The van der Waals surface area contributed by atoms with Crippen LogP contribution in [0.4, 0.5) is 4.79 Å². The summed E-state index contributed by atoms with van der Waals surface area (Å²) in [7, 11) is 1.58. The lowest BCUT2D eigenvalue weighted by Gasteiger charge is -2.32. The zero-order chi connectivity index (χ0) is 13.0. The van der Waals surface area contributed by atoms with Gasteiger partial charge >= 0.3 is 6.09 Å². The summed E-state index contributed by atoms with van der Waals surface area (Å²) in [6.07, 6.45) is 1.28. The van der Waals surface area contributed by atoms with Gasteiger partial charge in [-0.1, -0.05) is 30.3 Å². The van der Waals surface area contributed by atoms with Gasteiger partial charge in [0.25, 0.3) is 0 Å². The maximum absolute atomic E-state index is 10.7. The molecule has 2 rings (SSSR count). The highest BCUT2D eigenvalue weighted by Gasteiger charge is 2.22. The van der Waals surface area contributed by atoms with Crippen molar-refractivity contribution in [1.29, 1.82) is 0 Å². The smallest absolute Gasteiger partial charge is 0.418 e. The molecule has 4 nitrogen and oxygen atoms in total. The predicted molar refractivity (Wildman–Crippen MR) is 73.4 cm³/mol. The molecule has 0 saturated carbocycles. The van der Waals surface area contributed by atoms with Gasteiger partial charge < -0.3 is 5.11 Å². The molecule has 0 atom stereocenters. The van der Waals surface area contributed by atoms with Gasteiger partial charge in [-0.05, 0) is 24.3 Å². The Morgan fingerprint density at radius 3 is 2.50 bits per heavy atom. The van der Waals surface area contributed by atoms with Crippen molar-refractivity contribution in [2.45, 2.75) is 18.8 Å². The maximum Gasteiger partial charge on any atom is 0.418 e. The fraction of sp³-hybridized carbons (Fsp3) is 0.462. The van der Waals surface area contributed by atoms with Gasteiger partial charge in [-0.2, -0.15) is 0 Å². The molecule has 1 amide bonds. The van der Waals surface area contributed by atoms with Gasteiger partial charge in [0.1, 0.15) is 0 Å². The van der Waals surface area contributed by atoms with Gasteiger partial charge in [0.15, 0.2) is 0 Å². The summed E-state index contributed by atoms with van der Waals surface area (Å²) in [5.41, 5.74) is 1.40. The van der Waals surface area contributed by atoms with Crippen molar-refractivity contribution >= 4 is 18.2 Å². The monoisotopic (exact) mass is 266 g/mol. The third kappa shape index (κ3) is 3.40. The van der Waals surface area contributed by atoms with E-state index >= 15 is 0 Å². The van der Waals surface area contributed by atoms with Crippen LogP contribution in [0, 0.1) is 0 Å². The highest BCUT2D eigenvalue weighted by Crippen LogP contribution is 2.30. The Labute approximate surface area is 112 Å². The van der Waals surface area contributed by atoms with Crippen molar-refractivity contribution in [2.24, 2.45) is 0 Å². The first-order valence-corrected chi connectivity index (χ1v) is 6.84. The van der Waals surface area contributed by atoms with Crippen LogP contribution in [0.2, 0.25) is 0 Å². The molecule has 0 spiro atoms. The van der Waals surface area contributed by atoms with E-state index in [1.165, 1.54) is 22.0 Å². The van der Waals surface area contributed by atoms with Gasteiger partial charge in [0.05, 0.1) is 0 Å². The number of carbonyl (C=O) groups is 1. The number of piperidine rings is 1. The molecular formula is C13H18N2O2S. The molecule has 1 aliphatic rings. The van der Waals surface area contributed by atoms with E-state index in [0.29, 0.717) is 5.92 Å². The topological polar surface area (TPSA) is 43.8 Å². The van der Waals surface area contributed by atoms with Crippen LogP contribution in [-0.2, 0) is 0 Å². The molecule has 98 valence electrons. The Morgan fingerprint density at radius 2 is 1.94 bits per heavy atom. The second-order valence-electron chi connectivity index (χ2n) is 4.48. The van der Waals surface area contributed by atoms with Gasteiger partial charge in [0, 0.05) is 32.3 Å². The van der Waals surface area contributed by atoms with E-state index in [-0.39, 0.29) is 0 Å². The molecule has 0 unspecified atom stereocenters. The molecule has 1 saturated heterocycles. The van der Waals surface area contributed by atoms with E-state index in [4.69, 9.17) is 5.11 Å². The molecular weight excluding hydrogens is 248 g/mol. The lowest BCUT2D eigenvalue weighted by molar-refractivity contribution is 0.179. The lowest BCUT2D eigenvalue weighted by Crippen LogP contribution is -2.32. The predicted octanol–water partition coefficient (Wildman–Crippen LogP) is 3.04. The van der Waals surface area contributed by atoms with E-state index < -0.39 is 6.09 Å². The number of benzene rings is 1. The number of hydrogen-bond donors (Lipinski definition) is 1. The minimum Gasteiger partial charge on any atom is -0.464 e. The summed E-state index contributed by atoms with van der Waals surface area (Å²) in [5, 5.41) is 8.82. The van der Waals surface area contributed by atoms with Crippen LogP contribution < -0.4 is 0 Å². The SMILES string of the molecule is CN(SN1CCC(c2ccccc2)CC1)C(=O)O. The minimum absolute atomic E-state index is 0.609. The first-order chi connectivity index (χ1) is 8.66. The molecule has 0 aliphatic carbocycles. The number of rotatable bonds is 3. The molecule has 0 bridgehead atoms. The molecule has 1 aromatic rings. The Balaban J connectivity index is 1.83. The lowest BCUT2D eigenvalue weighted by atomic mass is 9.90. The number of carboxylic acid groups (broad SMARTS) is 1. The highest BCUT2D eigenvalue weighted by atomic mass is 32.2. The summed E-state index contributed by atoms with van der Waals surface area (Å²) in [5.74, 6) is 0.609. The van der Waals surface area contributed by atoms with Crippen molar-refractivity contribution < 1.29 is 9.90 Å². The molecule has 5 heteroatoms. The Hall–Kier alpha value is -1.20. The fourth-order valence-electron chi connectivity index (χ4n) is 2.20. The summed E-state index contributed by atoms with van der Waals surface area (Å²) in [4.78, 5) is 10.7. The van der Waals surface area contributed by atoms with Gasteiger partial charge in [-0.15, -0.1) is 0 Å². The average Bonchev–Trinajstić information content (AvgIpc) is 2.40. The molecule has 1 fully saturated rings. The van der Waals surface area contributed by atoms with E-state index in [1.54, 1.807) is 7.05 Å².